The van der Waals surface area contributed by atoms with Gasteiger partial charge in [-0.1, -0.05) is 5.21 Å². The Labute approximate surface area is 127 Å². The quantitative estimate of drug-likeness (QED) is 0.777. The van der Waals surface area contributed by atoms with Crippen LogP contribution in [0.2, 0.25) is 0 Å². The fourth-order valence-corrected chi connectivity index (χ4v) is 2.61. The van der Waals surface area contributed by atoms with E-state index in [0.29, 0.717) is 0 Å². The van der Waals surface area contributed by atoms with E-state index in [4.69, 9.17) is 0 Å². The van der Waals surface area contributed by atoms with Crippen molar-refractivity contribution in [2.75, 3.05) is 18.4 Å². The van der Waals surface area contributed by atoms with E-state index < -0.39 is 5.91 Å². The zero-order valence-corrected chi connectivity index (χ0v) is 12.3. The molecule has 3 N–H and O–H groups in total. The summed E-state index contributed by atoms with van der Waals surface area (Å²) in [6, 6.07) is 3.31. The number of pyridine rings is 1. The van der Waals surface area contributed by atoms with Gasteiger partial charge in [0.25, 0.3) is 5.91 Å². The summed E-state index contributed by atoms with van der Waals surface area (Å²) in [4.78, 5) is 16.2. The van der Waals surface area contributed by atoms with Gasteiger partial charge in [0.05, 0.1) is 11.7 Å². The second-order valence-electron chi connectivity index (χ2n) is 5.27. The summed E-state index contributed by atoms with van der Waals surface area (Å²) in [6.45, 7) is 3.70. The lowest BCUT2D eigenvalue weighted by atomic mass is 10.1. The second-order valence-corrected chi connectivity index (χ2v) is 5.27. The van der Waals surface area contributed by atoms with Crippen LogP contribution in [0.3, 0.4) is 0 Å². The molecule has 0 unspecified atom stereocenters. The molecule has 1 saturated heterocycles. The van der Waals surface area contributed by atoms with Crippen LogP contribution < -0.4 is 10.6 Å². The summed E-state index contributed by atoms with van der Waals surface area (Å²) in [5.74, 6) is -0.394. The molecule has 3 rings (SSSR count). The standard InChI is InChI=1S/C14H18N6O2/c1-9-12(14(22)17-13-11(21)3-2-6-16-13)18-19-20(9)10-4-7-15-8-5-10/h2-3,6,10,15,21H,4-5,7-8H2,1H3,(H,16,17,22). The minimum Gasteiger partial charge on any atom is -0.504 e. The molecule has 116 valence electrons. The zero-order valence-electron chi connectivity index (χ0n) is 12.3. The normalized spacial score (nSPS) is 15.7. The average Bonchev–Trinajstić information content (AvgIpc) is 2.92. The molecule has 3 heterocycles. The van der Waals surface area contributed by atoms with E-state index in [2.05, 4.69) is 25.9 Å². The van der Waals surface area contributed by atoms with E-state index in [0.717, 1.165) is 31.6 Å². The number of nitrogens with one attached hydrogen (secondary N) is 2. The van der Waals surface area contributed by atoms with Crippen LogP contribution in [0.5, 0.6) is 5.75 Å². The molecule has 2 aromatic rings. The highest BCUT2D eigenvalue weighted by atomic mass is 16.3. The Bertz CT molecular complexity index is 678. The lowest BCUT2D eigenvalue weighted by Gasteiger charge is -2.23. The molecular formula is C14H18N6O2. The molecule has 1 aliphatic rings. The van der Waals surface area contributed by atoms with Crippen molar-refractivity contribution in [3.05, 3.63) is 29.7 Å². The Morgan fingerprint density at radius 1 is 1.45 bits per heavy atom. The molecule has 0 saturated carbocycles. The highest BCUT2D eigenvalue weighted by Crippen LogP contribution is 2.22. The maximum Gasteiger partial charge on any atom is 0.279 e. The first-order valence-corrected chi connectivity index (χ1v) is 7.24. The van der Waals surface area contributed by atoms with E-state index >= 15 is 0 Å². The first kappa shape index (κ1) is 14.5. The van der Waals surface area contributed by atoms with Gasteiger partial charge in [0.15, 0.2) is 17.3 Å². The van der Waals surface area contributed by atoms with Gasteiger partial charge in [0.2, 0.25) is 0 Å². The van der Waals surface area contributed by atoms with Crippen LogP contribution in [0.1, 0.15) is 35.1 Å². The number of rotatable bonds is 3. The molecule has 0 aliphatic carbocycles. The van der Waals surface area contributed by atoms with Crippen LogP contribution >= 0.6 is 0 Å². The molecule has 0 spiro atoms. The van der Waals surface area contributed by atoms with Crippen molar-refractivity contribution in [3.63, 3.8) is 0 Å². The van der Waals surface area contributed by atoms with E-state index in [1.807, 2.05) is 11.6 Å². The Kier molecular flexibility index (Phi) is 4.01. The van der Waals surface area contributed by atoms with Crippen molar-refractivity contribution < 1.29 is 9.90 Å². The SMILES string of the molecule is Cc1c(C(=O)Nc2ncccc2O)nnn1C1CCNCC1. The van der Waals surface area contributed by atoms with Crippen molar-refractivity contribution >= 4 is 11.7 Å². The molecule has 0 aromatic carbocycles. The van der Waals surface area contributed by atoms with Crippen LogP contribution in [0.25, 0.3) is 0 Å². The third-order valence-electron chi connectivity index (χ3n) is 3.82. The van der Waals surface area contributed by atoms with Gasteiger partial charge < -0.3 is 15.7 Å². The van der Waals surface area contributed by atoms with Crippen LogP contribution in [-0.4, -0.2) is 44.1 Å². The number of piperidine rings is 1. The summed E-state index contributed by atoms with van der Waals surface area (Å²) in [5.41, 5.74) is 0.975. The van der Waals surface area contributed by atoms with Gasteiger partial charge in [-0.15, -0.1) is 5.10 Å². The molecule has 0 atom stereocenters. The molecule has 8 heteroatoms. The monoisotopic (exact) mass is 302 g/mol. The molecule has 0 bridgehead atoms. The Morgan fingerprint density at radius 3 is 2.95 bits per heavy atom. The highest BCUT2D eigenvalue weighted by Gasteiger charge is 2.23. The summed E-state index contributed by atoms with van der Waals surface area (Å²) >= 11 is 0. The van der Waals surface area contributed by atoms with E-state index in [-0.39, 0.29) is 23.3 Å². The number of anilines is 1. The number of hydrogen-bond donors (Lipinski definition) is 3. The lowest BCUT2D eigenvalue weighted by Crippen LogP contribution is -2.30. The molecule has 8 nitrogen and oxygen atoms in total. The first-order chi connectivity index (χ1) is 10.7. The number of hydrogen-bond acceptors (Lipinski definition) is 6. The van der Waals surface area contributed by atoms with Crippen molar-refractivity contribution in [1.29, 1.82) is 0 Å². The summed E-state index contributed by atoms with van der Waals surface area (Å²) < 4.78 is 1.81. The average molecular weight is 302 g/mol. The van der Waals surface area contributed by atoms with Crippen molar-refractivity contribution in [2.24, 2.45) is 0 Å². The van der Waals surface area contributed by atoms with Gasteiger partial charge in [0, 0.05) is 6.20 Å². The number of carbonyl (C=O) groups excluding carboxylic acids is 1. The van der Waals surface area contributed by atoms with Gasteiger partial charge in [-0.25, -0.2) is 9.67 Å². The maximum absolute atomic E-state index is 12.3. The number of amides is 1. The lowest BCUT2D eigenvalue weighted by molar-refractivity contribution is 0.102. The molecule has 1 aliphatic heterocycles. The van der Waals surface area contributed by atoms with Crippen LogP contribution in [0.4, 0.5) is 5.82 Å². The number of aromatic hydroxyl groups is 1. The molecule has 22 heavy (non-hydrogen) atoms. The third-order valence-corrected chi connectivity index (χ3v) is 3.82. The summed E-state index contributed by atoms with van der Waals surface area (Å²) in [7, 11) is 0. The van der Waals surface area contributed by atoms with Crippen molar-refractivity contribution in [1.82, 2.24) is 25.3 Å². The van der Waals surface area contributed by atoms with Gasteiger partial charge >= 0.3 is 0 Å². The minimum absolute atomic E-state index is 0.0840. The Hall–Kier alpha value is -2.48. The number of aromatic nitrogens is 4. The molecular weight excluding hydrogens is 284 g/mol. The van der Waals surface area contributed by atoms with Gasteiger partial charge in [0.1, 0.15) is 0 Å². The van der Waals surface area contributed by atoms with Crippen molar-refractivity contribution in [2.45, 2.75) is 25.8 Å². The largest absolute Gasteiger partial charge is 0.504 e. The molecule has 0 radical (unpaired) electrons. The van der Waals surface area contributed by atoms with Gasteiger partial charge in [-0.05, 0) is 45.0 Å². The highest BCUT2D eigenvalue weighted by molar-refractivity contribution is 6.03. The third kappa shape index (κ3) is 2.77. The minimum atomic E-state index is -0.424. The fraction of sp³-hybridized carbons (Fsp3) is 0.429. The maximum atomic E-state index is 12.3. The predicted molar refractivity (Wildman–Crippen MR) is 79.8 cm³/mol. The molecule has 2 aromatic heterocycles. The van der Waals surface area contributed by atoms with Gasteiger partial charge in [-0.2, -0.15) is 0 Å². The fourth-order valence-electron chi connectivity index (χ4n) is 2.61. The Balaban J connectivity index is 1.79. The predicted octanol–water partition coefficient (Wildman–Crippen LogP) is 0.864. The number of nitrogens with zero attached hydrogens (tertiary/aromatic N) is 4. The van der Waals surface area contributed by atoms with Crippen LogP contribution in [0, 0.1) is 6.92 Å². The first-order valence-electron chi connectivity index (χ1n) is 7.24. The molecule has 1 fully saturated rings. The molecule has 1 amide bonds. The van der Waals surface area contributed by atoms with E-state index in [1.165, 1.54) is 12.3 Å². The van der Waals surface area contributed by atoms with E-state index in [1.54, 1.807) is 6.07 Å². The zero-order chi connectivity index (χ0) is 15.5. The summed E-state index contributed by atoms with van der Waals surface area (Å²) in [5, 5.41) is 23.6. The smallest absolute Gasteiger partial charge is 0.279 e. The van der Waals surface area contributed by atoms with Gasteiger partial charge in [-0.3, -0.25) is 4.79 Å². The second kappa shape index (κ2) is 6.10. The summed E-state index contributed by atoms with van der Waals surface area (Å²) in [6.07, 6.45) is 3.42. The number of carbonyl (C=O) groups is 1. The topological polar surface area (TPSA) is 105 Å². The van der Waals surface area contributed by atoms with Crippen molar-refractivity contribution in [3.8, 4) is 5.75 Å². The van der Waals surface area contributed by atoms with Crippen LogP contribution in [0.15, 0.2) is 18.3 Å². The van der Waals surface area contributed by atoms with Crippen LogP contribution in [-0.2, 0) is 0 Å². The Morgan fingerprint density at radius 2 is 2.23 bits per heavy atom. The van der Waals surface area contributed by atoms with E-state index in [9.17, 15) is 9.90 Å².